The predicted octanol–water partition coefficient (Wildman–Crippen LogP) is 2.42. The van der Waals surface area contributed by atoms with Gasteiger partial charge in [0, 0.05) is 6.20 Å². The Morgan fingerprint density at radius 2 is 2.40 bits per heavy atom. The molecule has 1 aromatic rings. The molecule has 1 unspecified atom stereocenters. The molecule has 15 heavy (non-hydrogen) atoms. The van der Waals surface area contributed by atoms with Crippen molar-refractivity contribution in [3.63, 3.8) is 0 Å². The summed E-state index contributed by atoms with van der Waals surface area (Å²) in [7, 11) is 0. The van der Waals surface area contributed by atoms with Gasteiger partial charge in [-0.3, -0.25) is 4.98 Å². The molecule has 80 valence electrons. The van der Waals surface area contributed by atoms with Crippen LogP contribution in [0.15, 0.2) is 29.4 Å². The Balaban J connectivity index is 2.00. The number of aliphatic imine (C=N–C) groups is 1. The second-order valence-electron chi connectivity index (χ2n) is 3.76. The zero-order valence-corrected chi connectivity index (χ0v) is 9.02. The number of rotatable bonds is 4. The molecule has 2 heterocycles. The Labute approximate surface area is 90.2 Å². The molecule has 3 heteroatoms. The summed E-state index contributed by atoms with van der Waals surface area (Å²) in [5, 5.41) is 0. The molecule has 0 saturated heterocycles. The first kappa shape index (κ1) is 10.1. The van der Waals surface area contributed by atoms with Gasteiger partial charge in [0.05, 0.1) is 6.04 Å². The molecule has 1 atom stereocenters. The van der Waals surface area contributed by atoms with Crippen molar-refractivity contribution >= 4 is 5.90 Å². The Kier molecular flexibility index (Phi) is 3.33. The Hall–Kier alpha value is -1.38. The zero-order chi connectivity index (χ0) is 10.5. The van der Waals surface area contributed by atoms with Crippen molar-refractivity contribution in [3.8, 4) is 0 Å². The first-order chi connectivity index (χ1) is 7.40. The highest BCUT2D eigenvalue weighted by atomic mass is 16.5. The van der Waals surface area contributed by atoms with Gasteiger partial charge in [-0.2, -0.15) is 0 Å². The lowest BCUT2D eigenvalue weighted by molar-refractivity contribution is 0.309. The highest BCUT2D eigenvalue weighted by molar-refractivity contribution is 5.93. The summed E-state index contributed by atoms with van der Waals surface area (Å²) in [6.07, 6.45) is 5.31. The highest BCUT2D eigenvalue weighted by Gasteiger charge is 2.19. The maximum atomic E-state index is 5.54. The quantitative estimate of drug-likeness (QED) is 0.754. The minimum absolute atomic E-state index is 0.335. The van der Waals surface area contributed by atoms with Crippen molar-refractivity contribution < 1.29 is 4.74 Å². The van der Waals surface area contributed by atoms with Crippen LogP contribution in [0, 0.1) is 0 Å². The Morgan fingerprint density at radius 1 is 1.47 bits per heavy atom. The van der Waals surface area contributed by atoms with Crippen LogP contribution in [0.4, 0.5) is 0 Å². The number of pyridine rings is 1. The molecular formula is C12H16N2O. The third-order valence-electron chi connectivity index (χ3n) is 2.49. The van der Waals surface area contributed by atoms with Gasteiger partial charge in [-0.05, 0) is 18.6 Å². The van der Waals surface area contributed by atoms with E-state index in [0.717, 1.165) is 12.1 Å². The topological polar surface area (TPSA) is 34.5 Å². The van der Waals surface area contributed by atoms with E-state index in [2.05, 4.69) is 16.9 Å². The van der Waals surface area contributed by atoms with Gasteiger partial charge in [-0.25, -0.2) is 4.99 Å². The van der Waals surface area contributed by atoms with E-state index >= 15 is 0 Å². The number of hydrogen-bond acceptors (Lipinski definition) is 3. The van der Waals surface area contributed by atoms with E-state index in [1.54, 1.807) is 6.20 Å². The third-order valence-corrected chi connectivity index (χ3v) is 2.49. The highest BCUT2D eigenvalue weighted by Crippen LogP contribution is 2.14. The van der Waals surface area contributed by atoms with Gasteiger partial charge in [-0.1, -0.05) is 25.8 Å². The molecule has 0 fully saturated rings. The molecule has 1 aliphatic rings. The monoisotopic (exact) mass is 204 g/mol. The van der Waals surface area contributed by atoms with E-state index in [9.17, 15) is 0 Å². The minimum atomic E-state index is 0.335. The lowest BCUT2D eigenvalue weighted by Crippen LogP contribution is -2.05. The van der Waals surface area contributed by atoms with Crippen LogP contribution in [0.3, 0.4) is 0 Å². The molecule has 1 aliphatic heterocycles. The van der Waals surface area contributed by atoms with Crippen molar-refractivity contribution in [1.29, 1.82) is 0 Å². The van der Waals surface area contributed by atoms with Gasteiger partial charge in [0.25, 0.3) is 0 Å². The van der Waals surface area contributed by atoms with Crippen LogP contribution in [-0.4, -0.2) is 23.5 Å². The van der Waals surface area contributed by atoms with Gasteiger partial charge in [0.15, 0.2) is 0 Å². The van der Waals surface area contributed by atoms with Crippen molar-refractivity contribution in [2.45, 2.75) is 32.2 Å². The van der Waals surface area contributed by atoms with Gasteiger partial charge in [0.2, 0.25) is 5.90 Å². The third kappa shape index (κ3) is 2.55. The SMILES string of the molecule is CCCCC1COC(c2ccccn2)=N1. The summed E-state index contributed by atoms with van der Waals surface area (Å²) >= 11 is 0. The summed E-state index contributed by atoms with van der Waals surface area (Å²) in [4.78, 5) is 8.75. The fourth-order valence-corrected chi connectivity index (χ4v) is 1.63. The second-order valence-corrected chi connectivity index (χ2v) is 3.76. The van der Waals surface area contributed by atoms with Crippen molar-refractivity contribution in [2.24, 2.45) is 4.99 Å². The Bertz CT molecular complexity index is 335. The van der Waals surface area contributed by atoms with Crippen LogP contribution in [0.2, 0.25) is 0 Å². The molecular weight excluding hydrogens is 188 g/mol. The largest absolute Gasteiger partial charge is 0.474 e. The second kappa shape index (κ2) is 4.91. The summed E-state index contributed by atoms with van der Waals surface area (Å²) in [5.74, 6) is 0.705. The molecule has 0 radical (unpaired) electrons. The van der Waals surface area contributed by atoms with Gasteiger partial charge < -0.3 is 4.74 Å². The van der Waals surface area contributed by atoms with Crippen molar-refractivity contribution in [3.05, 3.63) is 30.1 Å². The molecule has 0 amide bonds. The molecule has 0 bridgehead atoms. The lowest BCUT2D eigenvalue weighted by atomic mass is 10.1. The van der Waals surface area contributed by atoms with E-state index in [-0.39, 0.29) is 0 Å². The predicted molar refractivity (Wildman–Crippen MR) is 60.0 cm³/mol. The number of ether oxygens (including phenoxy) is 1. The smallest absolute Gasteiger partial charge is 0.235 e. The summed E-state index contributed by atoms with van der Waals surface area (Å²) in [6.45, 7) is 2.91. The van der Waals surface area contributed by atoms with Gasteiger partial charge in [-0.15, -0.1) is 0 Å². The minimum Gasteiger partial charge on any atom is -0.474 e. The number of hydrogen-bond donors (Lipinski definition) is 0. The first-order valence-electron chi connectivity index (χ1n) is 5.52. The van der Waals surface area contributed by atoms with Crippen LogP contribution in [-0.2, 0) is 4.74 Å². The molecule has 0 aliphatic carbocycles. The van der Waals surface area contributed by atoms with Crippen LogP contribution in [0.1, 0.15) is 31.9 Å². The zero-order valence-electron chi connectivity index (χ0n) is 9.02. The van der Waals surface area contributed by atoms with E-state index in [1.165, 1.54) is 12.8 Å². The molecule has 1 aromatic heterocycles. The molecule has 0 saturated carbocycles. The van der Waals surface area contributed by atoms with Gasteiger partial charge in [0.1, 0.15) is 12.3 Å². The molecule has 3 nitrogen and oxygen atoms in total. The summed E-state index contributed by atoms with van der Waals surface area (Å²) < 4.78 is 5.54. The van der Waals surface area contributed by atoms with Gasteiger partial charge >= 0.3 is 0 Å². The van der Waals surface area contributed by atoms with Crippen molar-refractivity contribution in [1.82, 2.24) is 4.98 Å². The average Bonchev–Trinajstić information content (AvgIpc) is 2.76. The van der Waals surface area contributed by atoms with Crippen LogP contribution < -0.4 is 0 Å². The maximum absolute atomic E-state index is 5.54. The first-order valence-corrected chi connectivity index (χ1v) is 5.52. The van der Waals surface area contributed by atoms with E-state index in [4.69, 9.17) is 4.74 Å². The molecule has 0 N–H and O–H groups in total. The van der Waals surface area contributed by atoms with Crippen LogP contribution in [0.25, 0.3) is 0 Å². The molecule has 2 rings (SSSR count). The van der Waals surface area contributed by atoms with Crippen LogP contribution >= 0.6 is 0 Å². The van der Waals surface area contributed by atoms with E-state index in [1.807, 2.05) is 18.2 Å². The van der Waals surface area contributed by atoms with Crippen LogP contribution in [0.5, 0.6) is 0 Å². The van der Waals surface area contributed by atoms with Crippen molar-refractivity contribution in [2.75, 3.05) is 6.61 Å². The Morgan fingerprint density at radius 3 is 3.13 bits per heavy atom. The number of unbranched alkanes of at least 4 members (excludes halogenated alkanes) is 1. The summed E-state index contributed by atoms with van der Waals surface area (Å²) in [5.41, 5.74) is 0.844. The number of aromatic nitrogens is 1. The maximum Gasteiger partial charge on any atom is 0.235 e. The molecule has 0 aromatic carbocycles. The van der Waals surface area contributed by atoms with E-state index < -0.39 is 0 Å². The fraction of sp³-hybridized carbons (Fsp3) is 0.500. The number of nitrogens with zero attached hydrogens (tertiary/aromatic N) is 2. The lowest BCUT2D eigenvalue weighted by Gasteiger charge is -2.01. The fourth-order valence-electron chi connectivity index (χ4n) is 1.63. The van der Waals surface area contributed by atoms with E-state index in [0.29, 0.717) is 18.5 Å². The standard InChI is InChI=1S/C12H16N2O/c1-2-3-6-10-9-15-12(14-10)11-7-4-5-8-13-11/h4-5,7-8,10H,2-3,6,9H2,1H3. The normalized spacial score (nSPS) is 19.8. The summed E-state index contributed by atoms with van der Waals surface area (Å²) in [6, 6.07) is 6.12. The average molecular weight is 204 g/mol. The molecule has 0 spiro atoms.